The second-order valence-electron chi connectivity index (χ2n) is 6.27. The molecule has 2 amide bonds. The first-order valence-electron chi connectivity index (χ1n) is 7.31. The van der Waals surface area contributed by atoms with Crippen LogP contribution in [0.1, 0.15) is 25.1 Å². The fraction of sp³-hybridized carbons (Fsp3) is 0.533. The first kappa shape index (κ1) is 18.0. The Bertz CT molecular complexity index is 692. The zero-order valence-corrected chi connectivity index (χ0v) is 13.5. The van der Waals surface area contributed by atoms with E-state index in [1.54, 1.807) is 6.92 Å². The summed E-state index contributed by atoms with van der Waals surface area (Å²) < 4.78 is 39.2. The summed E-state index contributed by atoms with van der Waals surface area (Å²) in [6, 6.07) is 1.76. The Balaban J connectivity index is 2.59. The first-order valence-corrected chi connectivity index (χ1v) is 7.31. The van der Waals surface area contributed by atoms with Crippen LogP contribution < -0.4 is 16.4 Å². The molecule has 0 spiro atoms. The highest BCUT2D eigenvalue weighted by molar-refractivity contribution is 5.92. The largest absolute Gasteiger partial charge is 0.416 e. The van der Waals surface area contributed by atoms with E-state index in [-0.39, 0.29) is 18.1 Å². The molecular weight excluding hydrogens is 325 g/mol. The van der Waals surface area contributed by atoms with E-state index in [0.29, 0.717) is 0 Å². The lowest BCUT2D eigenvalue weighted by atomic mass is 9.81. The van der Waals surface area contributed by atoms with Gasteiger partial charge in [0, 0.05) is 18.2 Å². The van der Waals surface area contributed by atoms with E-state index < -0.39 is 40.9 Å². The van der Waals surface area contributed by atoms with Crippen molar-refractivity contribution in [2.45, 2.75) is 32.5 Å². The van der Waals surface area contributed by atoms with Gasteiger partial charge in [-0.25, -0.2) is 4.98 Å². The Morgan fingerprint density at radius 2 is 1.92 bits per heavy atom. The van der Waals surface area contributed by atoms with Gasteiger partial charge >= 0.3 is 6.18 Å². The quantitative estimate of drug-likeness (QED) is 0.860. The summed E-state index contributed by atoms with van der Waals surface area (Å²) >= 11 is 0. The van der Waals surface area contributed by atoms with Gasteiger partial charge in [0.25, 0.3) is 0 Å². The number of hydrogen-bond donors (Lipinski definition) is 2. The molecule has 3 atom stereocenters. The van der Waals surface area contributed by atoms with Crippen molar-refractivity contribution in [3.8, 4) is 0 Å². The molecule has 1 aliphatic heterocycles. The lowest BCUT2D eigenvalue weighted by Crippen LogP contribution is -2.55. The van der Waals surface area contributed by atoms with Crippen molar-refractivity contribution < 1.29 is 22.8 Å². The standard InChI is InChI=1S/C15H19F3N4O2/c1-7-4-9(15(16,17)18)5-11(21-7)22-6-10(12(19)23)8(2)14(22,3)13(20)24/h4-5,8,10H,6H2,1-3H3,(H2,19,23)(H2,20,24). The number of nitrogens with two attached hydrogens (primary N) is 2. The van der Waals surface area contributed by atoms with Crippen LogP contribution in [0.2, 0.25) is 0 Å². The minimum Gasteiger partial charge on any atom is -0.369 e. The van der Waals surface area contributed by atoms with Gasteiger partial charge in [-0.1, -0.05) is 6.92 Å². The monoisotopic (exact) mass is 344 g/mol. The van der Waals surface area contributed by atoms with Gasteiger partial charge in [0.15, 0.2) is 0 Å². The number of carbonyl (C=O) groups excluding carboxylic acids is 2. The van der Waals surface area contributed by atoms with Gasteiger partial charge in [-0.15, -0.1) is 0 Å². The van der Waals surface area contributed by atoms with Crippen molar-refractivity contribution >= 4 is 17.6 Å². The summed E-state index contributed by atoms with van der Waals surface area (Å²) in [5.74, 6) is -2.74. The van der Waals surface area contributed by atoms with Gasteiger partial charge in [-0.2, -0.15) is 13.2 Å². The van der Waals surface area contributed by atoms with Crippen LogP contribution in [0.15, 0.2) is 12.1 Å². The number of halogens is 3. The Kier molecular flexibility index (Phi) is 4.24. The minimum absolute atomic E-state index is 0.0241. The molecular formula is C15H19F3N4O2. The highest BCUT2D eigenvalue weighted by Crippen LogP contribution is 2.42. The number of rotatable bonds is 3. The smallest absolute Gasteiger partial charge is 0.369 e. The minimum atomic E-state index is -4.56. The zero-order valence-electron chi connectivity index (χ0n) is 13.5. The molecule has 6 nitrogen and oxygen atoms in total. The van der Waals surface area contributed by atoms with Gasteiger partial charge < -0.3 is 16.4 Å². The maximum absolute atomic E-state index is 13.1. The zero-order chi connectivity index (χ0) is 18.4. The van der Waals surface area contributed by atoms with Crippen molar-refractivity contribution in [3.05, 3.63) is 23.4 Å². The van der Waals surface area contributed by atoms with Crippen molar-refractivity contribution in [2.24, 2.45) is 23.3 Å². The normalized spacial score (nSPS) is 27.3. The van der Waals surface area contributed by atoms with Crippen LogP contribution in [0.3, 0.4) is 0 Å². The molecule has 24 heavy (non-hydrogen) atoms. The van der Waals surface area contributed by atoms with E-state index in [1.807, 2.05) is 0 Å². The molecule has 1 saturated heterocycles. The molecule has 4 N–H and O–H groups in total. The maximum atomic E-state index is 13.1. The summed E-state index contributed by atoms with van der Waals surface area (Å²) in [4.78, 5) is 29.1. The van der Waals surface area contributed by atoms with Crippen LogP contribution in [0.25, 0.3) is 0 Å². The molecule has 1 aliphatic rings. The summed E-state index contributed by atoms with van der Waals surface area (Å²) in [5.41, 5.74) is 8.74. The summed E-state index contributed by atoms with van der Waals surface area (Å²) in [5, 5.41) is 0. The average Bonchev–Trinajstić information content (AvgIpc) is 2.71. The van der Waals surface area contributed by atoms with Gasteiger partial charge in [-0.3, -0.25) is 9.59 Å². The van der Waals surface area contributed by atoms with Crippen LogP contribution in [0.5, 0.6) is 0 Å². The first-order chi connectivity index (χ1) is 10.9. The number of carbonyl (C=O) groups is 2. The summed E-state index contributed by atoms with van der Waals surface area (Å²) in [7, 11) is 0. The Morgan fingerprint density at radius 3 is 2.38 bits per heavy atom. The molecule has 132 valence electrons. The molecule has 1 aromatic rings. The molecule has 0 bridgehead atoms. The van der Waals surface area contributed by atoms with Gasteiger partial charge in [0.1, 0.15) is 11.4 Å². The van der Waals surface area contributed by atoms with E-state index in [9.17, 15) is 22.8 Å². The number of anilines is 1. The lowest BCUT2D eigenvalue weighted by Gasteiger charge is -2.36. The van der Waals surface area contributed by atoms with E-state index >= 15 is 0 Å². The SMILES string of the molecule is Cc1cc(C(F)(F)F)cc(N2CC(C(N)=O)C(C)C2(C)C(N)=O)n1. The third-order valence-corrected chi connectivity index (χ3v) is 4.84. The molecule has 3 unspecified atom stereocenters. The Hall–Kier alpha value is -2.32. The summed E-state index contributed by atoms with van der Waals surface area (Å²) in [6.45, 7) is 4.51. The van der Waals surface area contributed by atoms with Crippen LogP contribution in [0.4, 0.5) is 19.0 Å². The predicted molar refractivity (Wildman–Crippen MR) is 80.8 cm³/mol. The number of alkyl halides is 3. The molecule has 0 saturated carbocycles. The maximum Gasteiger partial charge on any atom is 0.416 e. The van der Waals surface area contributed by atoms with Crippen LogP contribution in [-0.2, 0) is 15.8 Å². The molecule has 0 radical (unpaired) electrons. The van der Waals surface area contributed by atoms with E-state index in [4.69, 9.17) is 11.5 Å². The van der Waals surface area contributed by atoms with Crippen LogP contribution >= 0.6 is 0 Å². The van der Waals surface area contributed by atoms with E-state index in [0.717, 1.165) is 12.1 Å². The van der Waals surface area contributed by atoms with Crippen molar-refractivity contribution in [1.82, 2.24) is 4.98 Å². The second kappa shape index (κ2) is 5.64. The molecule has 2 heterocycles. The molecule has 0 aliphatic carbocycles. The van der Waals surface area contributed by atoms with Gasteiger partial charge in [-0.05, 0) is 26.0 Å². The summed E-state index contributed by atoms with van der Waals surface area (Å²) in [6.07, 6.45) is -4.56. The fourth-order valence-electron chi connectivity index (χ4n) is 3.16. The lowest BCUT2D eigenvalue weighted by molar-refractivity contribution is -0.137. The average molecular weight is 344 g/mol. The highest BCUT2D eigenvalue weighted by atomic mass is 19.4. The third-order valence-electron chi connectivity index (χ3n) is 4.84. The molecule has 1 aromatic heterocycles. The van der Waals surface area contributed by atoms with Crippen LogP contribution in [0, 0.1) is 18.8 Å². The molecule has 1 fully saturated rings. The van der Waals surface area contributed by atoms with Gasteiger partial charge in [0.2, 0.25) is 11.8 Å². The number of amides is 2. The third kappa shape index (κ3) is 2.78. The molecule has 2 rings (SSSR count). The predicted octanol–water partition coefficient (Wildman–Crippen LogP) is 1.21. The van der Waals surface area contributed by atoms with Crippen molar-refractivity contribution in [1.29, 1.82) is 0 Å². The van der Waals surface area contributed by atoms with E-state index in [1.165, 1.54) is 18.7 Å². The number of aromatic nitrogens is 1. The number of nitrogens with zero attached hydrogens (tertiary/aromatic N) is 2. The number of primary amides is 2. The second-order valence-corrected chi connectivity index (χ2v) is 6.27. The van der Waals surface area contributed by atoms with Gasteiger partial charge in [0.05, 0.1) is 11.5 Å². The highest BCUT2D eigenvalue weighted by Gasteiger charge is 2.54. The topological polar surface area (TPSA) is 102 Å². The molecule has 0 aromatic carbocycles. The Labute approximate surface area is 137 Å². The van der Waals surface area contributed by atoms with Crippen molar-refractivity contribution in [2.75, 3.05) is 11.4 Å². The van der Waals surface area contributed by atoms with E-state index in [2.05, 4.69) is 4.98 Å². The fourth-order valence-corrected chi connectivity index (χ4v) is 3.16. The van der Waals surface area contributed by atoms with Crippen LogP contribution in [-0.4, -0.2) is 28.9 Å². The Morgan fingerprint density at radius 1 is 1.33 bits per heavy atom. The van der Waals surface area contributed by atoms with Crippen molar-refractivity contribution in [3.63, 3.8) is 0 Å². The number of aryl methyl sites for hydroxylation is 1. The molecule has 9 heteroatoms. The number of pyridine rings is 1. The number of hydrogen-bond acceptors (Lipinski definition) is 4.